The summed E-state index contributed by atoms with van der Waals surface area (Å²) in [6.07, 6.45) is 0. The van der Waals surface area contributed by atoms with E-state index in [4.69, 9.17) is 0 Å². The van der Waals surface area contributed by atoms with Gasteiger partial charge in [0.25, 0.3) is 11.9 Å². The van der Waals surface area contributed by atoms with Crippen LogP contribution in [-0.4, -0.2) is 36.6 Å². The molecule has 7 heteroatoms. The maximum absolute atomic E-state index is 13.5. The topological polar surface area (TPSA) is 28.2 Å². The Morgan fingerprint density at radius 3 is 1.89 bits per heavy atom. The quantitative estimate of drug-likeness (QED) is 0.663. The highest BCUT2D eigenvalue weighted by molar-refractivity contribution is 5.46. The van der Waals surface area contributed by atoms with Crippen molar-refractivity contribution in [3.8, 4) is 0 Å². The van der Waals surface area contributed by atoms with Crippen molar-refractivity contribution in [1.82, 2.24) is 9.88 Å². The first-order valence-electron chi connectivity index (χ1n) is 5.85. The molecule has 0 fully saturated rings. The number of likely N-dealkylation sites (N-methyl/N-ethyl adjacent to an activating group) is 1. The molecule has 1 aromatic rings. The van der Waals surface area contributed by atoms with E-state index in [1.54, 1.807) is 19.0 Å². The van der Waals surface area contributed by atoms with Gasteiger partial charge in [-0.2, -0.15) is 22.5 Å². The van der Waals surface area contributed by atoms with E-state index in [-0.39, 0.29) is 12.0 Å². The van der Waals surface area contributed by atoms with E-state index in [9.17, 15) is 17.6 Å². The molecular weight excluding hydrogens is 262 g/mol. The lowest BCUT2D eigenvalue weighted by Crippen LogP contribution is -2.37. The van der Waals surface area contributed by atoms with Crippen molar-refractivity contribution in [2.75, 3.05) is 26.0 Å². The van der Waals surface area contributed by atoms with E-state index in [0.29, 0.717) is 6.54 Å². The van der Waals surface area contributed by atoms with Gasteiger partial charge in [-0.25, -0.2) is 0 Å². The molecule has 1 rings (SSSR count). The summed E-state index contributed by atoms with van der Waals surface area (Å²) >= 11 is 0. The fourth-order valence-corrected chi connectivity index (χ4v) is 1.62. The van der Waals surface area contributed by atoms with Gasteiger partial charge in [-0.05, 0) is 20.0 Å². The minimum absolute atomic E-state index is 0.0143. The monoisotopic (exact) mass is 279 g/mol. The smallest absolute Gasteiger partial charge is 0.253 e. The van der Waals surface area contributed by atoms with E-state index in [2.05, 4.69) is 10.3 Å². The summed E-state index contributed by atoms with van der Waals surface area (Å²) in [5.74, 6) is -6.32. The molecule has 0 radical (unpaired) electrons. The number of pyridine rings is 1. The van der Waals surface area contributed by atoms with Gasteiger partial charge in [-0.15, -0.1) is 0 Å². The molecule has 108 valence electrons. The van der Waals surface area contributed by atoms with Gasteiger partial charge in [0.05, 0.1) is 0 Å². The van der Waals surface area contributed by atoms with Gasteiger partial charge in [-0.1, -0.05) is 13.8 Å². The number of anilines is 1. The highest BCUT2D eigenvalue weighted by atomic mass is 19.2. The summed E-state index contributed by atoms with van der Waals surface area (Å²) in [6, 6.07) is -0.361. The molecule has 0 bridgehead atoms. The van der Waals surface area contributed by atoms with Crippen LogP contribution in [0.25, 0.3) is 0 Å². The number of nitrogens with one attached hydrogen (secondary N) is 1. The van der Waals surface area contributed by atoms with Crippen molar-refractivity contribution in [3.05, 3.63) is 23.5 Å². The van der Waals surface area contributed by atoms with Crippen LogP contribution in [0.2, 0.25) is 0 Å². The van der Waals surface area contributed by atoms with Crippen molar-refractivity contribution < 1.29 is 17.6 Å². The molecule has 0 amide bonds. The van der Waals surface area contributed by atoms with Crippen LogP contribution < -0.4 is 5.32 Å². The number of aromatic nitrogens is 1. The molecule has 3 nitrogen and oxygen atoms in total. The maximum Gasteiger partial charge on any atom is 0.253 e. The molecule has 0 saturated heterocycles. The molecule has 1 N–H and O–H groups in total. The Labute approximate surface area is 109 Å². The SMILES string of the molecule is CC(C)C(CN(C)C)Nc1c(F)c(F)nc(F)c1F. The first-order chi connectivity index (χ1) is 8.73. The van der Waals surface area contributed by atoms with Crippen molar-refractivity contribution >= 4 is 5.69 Å². The van der Waals surface area contributed by atoms with Crippen molar-refractivity contribution in [2.24, 2.45) is 5.92 Å². The van der Waals surface area contributed by atoms with Crippen LogP contribution in [0.1, 0.15) is 13.8 Å². The third-order valence-corrected chi connectivity index (χ3v) is 2.69. The maximum atomic E-state index is 13.5. The molecule has 0 spiro atoms. The molecule has 1 aromatic heterocycles. The van der Waals surface area contributed by atoms with Crippen molar-refractivity contribution in [2.45, 2.75) is 19.9 Å². The van der Waals surface area contributed by atoms with Crippen LogP contribution in [0.3, 0.4) is 0 Å². The molecule has 0 aliphatic rings. The molecule has 1 heterocycles. The number of halogens is 4. The van der Waals surface area contributed by atoms with Gasteiger partial charge in [0, 0.05) is 12.6 Å². The summed E-state index contributed by atoms with van der Waals surface area (Å²) in [4.78, 5) is 4.32. The predicted molar refractivity (Wildman–Crippen MR) is 64.9 cm³/mol. The Bertz CT molecular complexity index is 423. The largest absolute Gasteiger partial charge is 0.376 e. The summed E-state index contributed by atoms with van der Waals surface area (Å²) < 4.78 is 52.9. The van der Waals surface area contributed by atoms with Gasteiger partial charge in [0.1, 0.15) is 5.69 Å². The first kappa shape index (κ1) is 15.7. The third kappa shape index (κ3) is 3.79. The highest BCUT2D eigenvalue weighted by Gasteiger charge is 2.24. The number of nitrogens with zero attached hydrogens (tertiary/aromatic N) is 2. The number of hydrogen-bond donors (Lipinski definition) is 1. The van der Waals surface area contributed by atoms with Crippen LogP contribution in [0, 0.1) is 29.4 Å². The minimum Gasteiger partial charge on any atom is -0.376 e. The van der Waals surface area contributed by atoms with E-state index in [0.717, 1.165) is 0 Å². The van der Waals surface area contributed by atoms with Gasteiger partial charge in [-0.3, -0.25) is 0 Å². The van der Waals surface area contributed by atoms with Crippen LogP contribution in [0.5, 0.6) is 0 Å². The molecule has 1 atom stereocenters. The Morgan fingerprint density at radius 1 is 1.05 bits per heavy atom. The molecule has 19 heavy (non-hydrogen) atoms. The van der Waals surface area contributed by atoms with Gasteiger partial charge in [0.15, 0.2) is 0 Å². The average Bonchev–Trinajstić information content (AvgIpc) is 2.30. The van der Waals surface area contributed by atoms with Crippen molar-refractivity contribution in [1.29, 1.82) is 0 Å². The first-order valence-corrected chi connectivity index (χ1v) is 5.85. The lowest BCUT2D eigenvalue weighted by Gasteiger charge is -2.26. The Hall–Kier alpha value is -1.37. The van der Waals surface area contributed by atoms with Crippen molar-refractivity contribution in [3.63, 3.8) is 0 Å². The zero-order chi connectivity index (χ0) is 14.7. The van der Waals surface area contributed by atoms with E-state index >= 15 is 0 Å². The zero-order valence-electron chi connectivity index (χ0n) is 11.3. The molecule has 1 unspecified atom stereocenters. The minimum atomic E-state index is -1.66. The number of rotatable bonds is 5. The Morgan fingerprint density at radius 2 is 1.53 bits per heavy atom. The second-order valence-corrected chi connectivity index (χ2v) is 4.95. The van der Waals surface area contributed by atoms with Crippen LogP contribution in [0.15, 0.2) is 0 Å². The summed E-state index contributed by atoms with van der Waals surface area (Å²) in [6.45, 7) is 4.14. The Balaban J connectivity index is 3.09. The lowest BCUT2D eigenvalue weighted by molar-refractivity contribution is 0.340. The normalized spacial score (nSPS) is 13.2. The second-order valence-electron chi connectivity index (χ2n) is 4.95. The lowest BCUT2D eigenvalue weighted by atomic mass is 10.0. The van der Waals surface area contributed by atoms with Crippen LogP contribution in [-0.2, 0) is 0 Å². The molecule has 0 aliphatic heterocycles. The number of hydrogen-bond acceptors (Lipinski definition) is 3. The summed E-state index contributed by atoms with van der Waals surface area (Å²) in [5.41, 5.74) is -0.814. The molecule has 0 saturated carbocycles. The Kier molecular flexibility index (Phi) is 5.11. The fourth-order valence-electron chi connectivity index (χ4n) is 1.62. The van der Waals surface area contributed by atoms with E-state index in [1.165, 1.54) is 0 Å². The van der Waals surface area contributed by atoms with Gasteiger partial charge < -0.3 is 10.2 Å². The summed E-state index contributed by atoms with van der Waals surface area (Å²) in [7, 11) is 3.58. The fraction of sp³-hybridized carbons (Fsp3) is 0.583. The standard InChI is InChI=1S/C12H17F4N3/c1-6(2)7(5-19(3)4)17-10-8(13)11(15)18-12(16)9(10)14/h6-7H,5H2,1-4H3,(H,17,18). The molecule has 0 aliphatic carbocycles. The average molecular weight is 279 g/mol. The van der Waals surface area contributed by atoms with Crippen LogP contribution >= 0.6 is 0 Å². The predicted octanol–water partition coefficient (Wildman–Crippen LogP) is 2.64. The van der Waals surface area contributed by atoms with Crippen LogP contribution in [0.4, 0.5) is 23.2 Å². The molecular formula is C12H17F4N3. The third-order valence-electron chi connectivity index (χ3n) is 2.69. The van der Waals surface area contributed by atoms with E-state index < -0.39 is 29.2 Å². The highest BCUT2D eigenvalue weighted by Crippen LogP contribution is 2.24. The second kappa shape index (κ2) is 6.18. The van der Waals surface area contributed by atoms with E-state index in [1.807, 2.05) is 13.8 Å². The molecule has 0 aromatic carbocycles. The van der Waals surface area contributed by atoms with Gasteiger partial charge >= 0.3 is 0 Å². The zero-order valence-corrected chi connectivity index (χ0v) is 11.3. The van der Waals surface area contributed by atoms with Gasteiger partial charge in [0.2, 0.25) is 11.6 Å². The summed E-state index contributed by atoms with van der Waals surface area (Å²) in [5, 5.41) is 2.52.